The summed E-state index contributed by atoms with van der Waals surface area (Å²) in [5.74, 6) is 1.59. The quantitative estimate of drug-likeness (QED) is 0.737. The van der Waals surface area contributed by atoms with Crippen LogP contribution in [0.25, 0.3) is 5.82 Å². The molecule has 0 spiro atoms. The minimum atomic E-state index is 0.122. The highest BCUT2D eigenvalue weighted by Gasteiger charge is 2.31. The molecule has 7 heteroatoms. The smallest absolute Gasteiger partial charge is 0.226 e. The predicted molar refractivity (Wildman–Crippen MR) is 90.0 cm³/mol. The van der Waals surface area contributed by atoms with Gasteiger partial charge in [-0.1, -0.05) is 0 Å². The van der Waals surface area contributed by atoms with E-state index in [4.69, 9.17) is 0 Å². The summed E-state index contributed by atoms with van der Waals surface area (Å²) in [6.07, 6.45) is 10.9. The maximum atomic E-state index is 4.63. The number of imidazole rings is 1. The number of aromatic nitrogens is 6. The maximum absolute atomic E-state index is 4.63. The van der Waals surface area contributed by atoms with Crippen LogP contribution in [0.4, 0.5) is 5.95 Å². The number of nitrogens with zero attached hydrogens (tertiary/aromatic N) is 7. The van der Waals surface area contributed by atoms with Crippen molar-refractivity contribution in [2.75, 3.05) is 11.4 Å². The van der Waals surface area contributed by atoms with Crippen molar-refractivity contribution in [3.05, 3.63) is 54.3 Å². The van der Waals surface area contributed by atoms with Crippen molar-refractivity contribution < 1.29 is 0 Å². The Bertz CT molecular complexity index is 824. The van der Waals surface area contributed by atoms with Gasteiger partial charge >= 0.3 is 0 Å². The minimum Gasteiger partial charge on any atom is -0.332 e. The second-order valence-electron chi connectivity index (χ2n) is 6.04. The lowest BCUT2D eigenvalue weighted by molar-refractivity contribution is 0.664. The van der Waals surface area contributed by atoms with Crippen LogP contribution in [0.3, 0.4) is 0 Å². The predicted octanol–water partition coefficient (Wildman–Crippen LogP) is 2.41. The van der Waals surface area contributed by atoms with Gasteiger partial charge in [-0.15, -0.1) is 0 Å². The van der Waals surface area contributed by atoms with Crippen LogP contribution >= 0.6 is 0 Å². The van der Waals surface area contributed by atoms with E-state index in [2.05, 4.69) is 29.8 Å². The average Bonchev–Trinajstić information content (AvgIpc) is 3.26. The standard InChI is InChI=1S/C17H19N7/c1-12-10-13(2)22-17(21-12)24-8-3-4-14(24)15-16(20-6-5-19-15)23-9-7-18-11-23/h5-7,9-11,14H,3-4,8H2,1-2H3. The van der Waals surface area contributed by atoms with Crippen LogP contribution in [-0.2, 0) is 0 Å². The van der Waals surface area contributed by atoms with Crippen molar-refractivity contribution in [3.8, 4) is 5.82 Å². The van der Waals surface area contributed by atoms with Gasteiger partial charge in [0.05, 0.1) is 6.04 Å². The third-order valence-corrected chi connectivity index (χ3v) is 4.25. The molecule has 0 N–H and O–H groups in total. The molecule has 1 aliphatic rings. The van der Waals surface area contributed by atoms with Gasteiger partial charge in [-0.25, -0.2) is 19.9 Å². The molecule has 3 aromatic rings. The molecule has 1 aliphatic heterocycles. The largest absolute Gasteiger partial charge is 0.332 e. The molecule has 1 unspecified atom stereocenters. The van der Waals surface area contributed by atoms with Crippen molar-refractivity contribution in [1.82, 2.24) is 29.5 Å². The normalized spacial score (nSPS) is 17.4. The Morgan fingerprint density at radius 3 is 2.58 bits per heavy atom. The molecule has 0 aliphatic carbocycles. The van der Waals surface area contributed by atoms with E-state index >= 15 is 0 Å². The first-order valence-corrected chi connectivity index (χ1v) is 8.10. The molecule has 0 amide bonds. The lowest BCUT2D eigenvalue weighted by Crippen LogP contribution is -2.27. The Kier molecular flexibility index (Phi) is 3.68. The number of rotatable bonds is 3. The van der Waals surface area contributed by atoms with E-state index in [9.17, 15) is 0 Å². The van der Waals surface area contributed by atoms with Crippen LogP contribution in [0, 0.1) is 13.8 Å². The zero-order valence-corrected chi connectivity index (χ0v) is 13.8. The SMILES string of the molecule is Cc1cc(C)nc(N2CCCC2c2nccnc2-n2ccnc2)n1. The molecule has 1 atom stereocenters. The van der Waals surface area contributed by atoms with E-state index in [1.807, 2.05) is 30.7 Å². The van der Waals surface area contributed by atoms with E-state index in [0.717, 1.165) is 48.2 Å². The summed E-state index contributed by atoms with van der Waals surface area (Å²) in [6, 6.07) is 2.12. The van der Waals surface area contributed by atoms with Gasteiger partial charge in [0, 0.05) is 42.7 Å². The van der Waals surface area contributed by atoms with Crippen LogP contribution in [0.5, 0.6) is 0 Å². The van der Waals surface area contributed by atoms with E-state index in [0.29, 0.717) is 0 Å². The number of hydrogen-bond donors (Lipinski definition) is 0. The number of anilines is 1. The van der Waals surface area contributed by atoms with Crippen molar-refractivity contribution in [1.29, 1.82) is 0 Å². The maximum Gasteiger partial charge on any atom is 0.226 e. The molecule has 4 heterocycles. The van der Waals surface area contributed by atoms with Gasteiger partial charge in [0.1, 0.15) is 12.0 Å². The zero-order chi connectivity index (χ0) is 16.5. The Labute approximate surface area is 140 Å². The highest BCUT2D eigenvalue weighted by molar-refractivity contribution is 5.42. The summed E-state index contributed by atoms with van der Waals surface area (Å²) in [5.41, 5.74) is 2.91. The van der Waals surface area contributed by atoms with Gasteiger partial charge in [-0.2, -0.15) is 0 Å². The molecule has 1 fully saturated rings. The van der Waals surface area contributed by atoms with Crippen molar-refractivity contribution in [2.45, 2.75) is 32.7 Å². The number of aryl methyl sites for hydroxylation is 2. The van der Waals surface area contributed by atoms with Crippen LogP contribution in [0.2, 0.25) is 0 Å². The Balaban J connectivity index is 1.76. The van der Waals surface area contributed by atoms with E-state index in [1.54, 1.807) is 24.9 Å². The van der Waals surface area contributed by atoms with E-state index in [1.165, 1.54) is 0 Å². The van der Waals surface area contributed by atoms with Gasteiger partial charge in [-0.3, -0.25) is 9.55 Å². The first-order chi connectivity index (χ1) is 11.7. The molecule has 0 saturated carbocycles. The fraction of sp³-hybridized carbons (Fsp3) is 0.353. The van der Waals surface area contributed by atoms with Crippen LogP contribution < -0.4 is 4.90 Å². The summed E-state index contributed by atoms with van der Waals surface area (Å²) >= 11 is 0. The van der Waals surface area contributed by atoms with Gasteiger partial charge in [-0.05, 0) is 32.8 Å². The lowest BCUT2D eigenvalue weighted by atomic mass is 10.1. The Hall–Kier alpha value is -2.83. The molecule has 0 bridgehead atoms. The van der Waals surface area contributed by atoms with Crippen LogP contribution in [0.15, 0.2) is 37.2 Å². The van der Waals surface area contributed by atoms with Crippen molar-refractivity contribution in [3.63, 3.8) is 0 Å². The minimum absolute atomic E-state index is 0.122. The second kappa shape index (κ2) is 5.99. The monoisotopic (exact) mass is 321 g/mol. The summed E-state index contributed by atoms with van der Waals surface area (Å²) < 4.78 is 1.90. The highest BCUT2D eigenvalue weighted by atomic mass is 15.3. The molecule has 0 aromatic carbocycles. The first kappa shape index (κ1) is 14.7. The molecule has 122 valence electrons. The fourth-order valence-corrected chi connectivity index (χ4v) is 3.29. The van der Waals surface area contributed by atoms with Crippen LogP contribution in [0.1, 0.15) is 36.0 Å². The van der Waals surface area contributed by atoms with Crippen LogP contribution in [-0.4, -0.2) is 36.0 Å². The summed E-state index contributed by atoms with van der Waals surface area (Å²) in [7, 11) is 0. The molecule has 3 aromatic heterocycles. The van der Waals surface area contributed by atoms with E-state index in [-0.39, 0.29) is 6.04 Å². The highest BCUT2D eigenvalue weighted by Crippen LogP contribution is 2.35. The van der Waals surface area contributed by atoms with Gasteiger partial charge in [0.25, 0.3) is 0 Å². The molecule has 24 heavy (non-hydrogen) atoms. The zero-order valence-electron chi connectivity index (χ0n) is 13.8. The molecule has 0 radical (unpaired) electrons. The summed E-state index contributed by atoms with van der Waals surface area (Å²) in [6.45, 7) is 4.93. The Morgan fingerprint density at radius 2 is 1.83 bits per heavy atom. The van der Waals surface area contributed by atoms with Crippen molar-refractivity contribution >= 4 is 5.95 Å². The molecular formula is C17H19N7. The molecule has 4 rings (SSSR count). The van der Waals surface area contributed by atoms with Gasteiger partial charge in [0.15, 0.2) is 5.82 Å². The topological polar surface area (TPSA) is 72.6 Å². The summed E-state index contributed by atoms with van der Waals surface area (Å²) in [4.78, 5) is 24.8. The molecule has 7 nitrogen and oxygen atoms in total. The second-order valence-corrected chi connectivity index (χ2v) is 6.04. The van der Waals surface area contributed by atoms with Gasteiger partial charge < -0.3 is 4.90 Å². The third kappa shape index (κ3) is 2.62. The molecular weight excluding hydrogens is 302 g/mol. The Morgan fingerprint density at radius 1 is 1.04 bits per heavy atom. The van der Waals surface area contributed by atoms with Crippen molar-refractivity contribution in [2.24, 2.45) is 0 Å². The first-order valence-electron chi connectivity index (χ1n) is 8.10. The average molecular weight is 321 g/mol. The molecule has 1 saturated heterocycles. The van der Waals surface area contributed by atoms with E-state index < -0.39 is 0 Å². The third-order valence-electron chi connectivity index (χ3n) is 4.25. The fourth-order valence-electron chi connectivity index (χ4n) is 3.29. The van der Waals surface area contributed by atoms with Gasteiger partial charge in [0.2, 0.25) is 5.95 Å². The number of hydrogen-bond acceptors (Lipinski definition) is 6. The summed E-state index contributed by atoms with van der Waals surface area (Å²) in [5, 5.41) is 0. The lowest BCUT2D eigenvalue weighted by Gasteiger charge is -2.25.